The molecule has 5 atom stereocenters. The summed E-state index contributed by atoms with van der Waals surface area (Å²) in [6.45, 7) is 19.6. The molecular formula is C30H48O5Si. The van der Waals surface area contributed by atoms with E-state index in [0.29, 0.717) is 41.6 Å². The molecule has 2 fully saturated rings. The third kappa shape index (κ3) is 4.80. The maximum absolute atomic E-state index is 13.3. The molecule has 6 heteroatoms. The van der Waals surface area contributed by atoms with E-state index >= 15 is 0 Å². The number of allylic oxidation sites excluding steroid dienone is 1. The Hall–Kier alpha value is -1.66. The molecule has 0 aliphatic heterocycles. The minimum atomic E-state index is -1.83. The molecule has 0 aromatic carbocycles. The van der Waals surface area contributed by atoms with Crippen molar-refractivity contribution in [2.45, 2.75) is 111 Å². The fourth-order valence-electron chi connectivity index (χ4n) is 7.60. The number of aryl methyl sites for hydroxylation is 1. The molecule has 5 nitrogen and oxygen atoms in total. The number of rotatable bonds is 10. The van der Waals surface area contributed by atoms with E-state index in [9.17, 15) is 9.59 Å². The zero-order valence-corrected chi connectivity index (χ0v) is 24.9. The van der Waals surface area contributed by atoms with E-state index in [-0.39, 0.29) is 28.3 Å². The molecule has 0 radical (unpaired) electrons. The Balaban J connectivity index is 2.04. The Kier molecular flexibility index (Phi) is 8.82. The minimum Gasteiger partial charge on any atom is -0.468 e. The molecule has 1 heterocycles. The number of fused-ring (bicyclic) bond motifs is 1. The molecule has 0 bridgehead atoms. The van der Waals surface area contributed by atoms with Gasteiger partial charge in [-0.15, -0.1) is 0 Å². The van der Waals surface area contributed by atoms with Gasteiger partial charge in [0.05, 0.1) is 18.8 Å². The molecule has 0 amide bonds. The summed E-state index contributed by atoms with van der Waals surface area (Å²) < 4.78 is 18.6. The van der Waals surface area contributed by atoms with Crippen LogP contribution >= 0.6 is 0 Å². The van der Waals surface area contributed by atoms with Crippen LogP contribution in [0.1, 0.15) is 83.6 Å². The van der Waals surface area contributed by atoms with Crippen LogP contribution in [0.4, 0.5) is 0 Å². The zero-order chi connectivity index (χ0) is 26.9. The number of hydrogen-bond donors (Lipinski definition) is 0. The Morgan fingerprint density at radius 1 is 1.14 bits per heavy atom. The monoisotopic (exact) mass is 516 g/mol. The summed E-state index contributed by atoms with van der Waals surface area (Å²) in [5.41, 5.74) is 2.13. The summed E-state index contributed by atoms with van der Waals surface area (Å²) in [4.78, 5) is 25.4. The van der Waals surface area contributed by atoms with Crippen molar-refractivity contribution in [3.05, 3.63) is 39.3 Å². The standard InChI is InChI=1S/C30H48O5Si/c1-10-36(11-2,12-3)35-26-15-16-29(7)24(20(4)13-14-25(29)30(26,8)17-18-31)19-23-27(32)21(5)22(6)34-28(23)33-9/h18,24-26H,4,10-17,19H2,1-3,5-9H3/t24-,25-,26+,29-,30+/m1/s1. The summed E-state index contributed by atoms with van der Waals surface area (Å²) in [7, 11) is -0.269. The lowest BCUT2D eigenvalue weighted by atomic mass is 9.45. The zero-order valence-electron chi connectivity index (χ0n) is 23.9. The van der Waals surface area contributed by atoms with Gasteiger partial charge in [-0.2, -0.15) is 0 Å². The SMILES string of the molecule is C=C1CC[C@H]2[C@](C)(CC=O)[C@@H](O[Si](CC)(CC)CC)CC[C@]2(C)[C@@H]1Cc1c(OC)oc(C)c(C)c1=O. The number of aldehydes is 1. The van der Waals surface area contributed by atoms with Crippen LogP contribution in [0.15, 0.2) is 21.4 Å². The van der Waals surface area contributed by atoms with Gasteiger partial charge in [0.25, 0.3) is 5.95 Å². The van der Waals surface area contributed by atoms with Gasteiger partial charge in [-0.3, -0.25) is 4.79 Å². The molecule has 1 aromatic rings. The maximum Gasteiger partial charge on any atom is 0.291 e. The first-order valence-corrected chi connectivity index (χ1v) is 16.5. The molecule has 2 aliphatic rings. The van der Waals surface area contributed by atoms with Crippen LogP contribution in [-0.4, -0.2) is 27.8 Å². The maximum atomic E-state index is 13.3. The lowest BCUT2D eigenvalue weighted by molar-refractivity contribution is -0.139. The van der Waals surface area contributed by atoms with E-state index in [2.05, 4.69) is 41.2 Å². The highest BCUT2D eigenvalue weighted by atomic mass is 28.4. The average Bonchev–Trinajstić information content (AvgIpc) is 2.86. The Bertz CT molecular complexity index is 1020. The van der Waals surface area contributed by atoms with Crippen molar-refractivity contribution in [1.82, 2.24) is 0 Å². The summed E-state index contributed by atoms with van der Waals surface area (Å²) in [5, 5.41) is 0. The summed E-state index contributed by atoms with van der Waals surface area (Å²) in [6.07, 6.45) is 6.12. The molecule has 0 spiro atoms. The predicted molar refractivity (Wildman–Crippen MR) is 148 cm³/mol. The molecule has 0 N–H and O–H groups in total. The molecule has 0 unspecified atom stereocenters. The van der Waals surface area contributed by atoms with Crippen molar-refractivity contribution in [3.8, 4) is 5.95 Å². The predicted octanol–water partition coefficient (Wildman–Crippen LogP) is 7.18. The van der Waals surface area contributed by atoms with Crippen LogP contribution in [0.25, 0.3) is 0 Å². The summed E-state index contributed by atoms with van der Waals surface area (Å²) >= 11 is 0. The van der Waals surface area contributed by atoms with Crippen molar-refractivity contribution in [3.63, 3.8) is 0 Å². The summed E-state index contributed by atoms with van der Waals surface area (Å²) in [5.74, 6) is 1.34. The van der Waals surface area contributed by atoms with Gasteiger partial charge in [0, 0.05) is 17.4 Å². The van der Waals surface area contributed by atoms with E-state index in [4.69, 9.17) is 13.6 Å². The van der Waals surface area contributed by atoms with Crippen LogP contribution in [0.5, 0.6) is 5.95 Å². The fourth-order valence-corrected chi connectivity index (χ4v) is 10.6. The Labute approximate surface area is 219 Å². The fraction of sp³-hybridized carbons (Fsp3) is 0.733. The van der Waals surface area contributed by atoms with E-state index < -0.39 is 8.32 Å². The van der Waals surface area contributed by atoms with Gasteiger partial charge in [0.1, 0.15) is 12.0 Å². The normalized spacial score (nSPS) is 30.7. The van der Waals surface area contributed by atoms with Crippen molar-refractivity contribution in [1.29, 1.82) is 0 Å². The van der Waals surface area contributed by atoms with Gasteiger partial charge in [-0.05, 0) is 81.3 Å². The Morgan fingerprint density at radius 3 is 2.33 bits per heavy atom. The number of carbonyl (C=O) groups is 1. The van der Waals surface area contributed by atoms with Gasteiger partial charge in [0.15, 0.2) is 13.7 Å². The van der Waals surface area contributed by atoms with Gasteiger partial charge >= 0.3 is 0 Å². The second kappa shape index (κ2) is 11.0. The van der Waals surface area contributed by atoms with E-state index in [1.807, 2.05) is 6.92 Å². The first kappa shape index (κ1) is 28.9. The Morgan fingerprint density at radius 2 is 1.78 bits per heavy atom. The second-order valence-electron chi connectivity index (χ2n) is 11.9. The van der Waals surface area contributed by atoms with Crippen molar-refractivity contribution < 1.29 is 18.4 Å². The third-order valence-electron chi connectivity index (χ3n) is 10.4. The second-order valence-corrected chi connectivity index (χ2v) is 16.6. The van der Waals surface area contributed by atoms with Gasteiger partial charge in [0.2, 0.25) is 0 Å². The van der Waals surface area contributed by atoms with Crippen LogP contribution in [-0.2, 0) is 15.6 Å². The number of carbonyl (C=O) groups excluding carboxylic acids is 1. The lowest BCUT2D eigenvalue weighted by Gasteiger charge is -2.62. The molecule has 1 aromatic heterocycles. The molecule has 3 rings (SSSR count). The number of methoxy groups -OCH3 is 1. The van der Waals surface area contributed by atoms with Crippen molar-refractivity contribution in [2.75, 3.05) is 7.11 Å². The van der Waals surface area contributed by atoms with Crippen molar-refractivity contribution >= 4 is 14.6 Å². The minimum absolute atomic E-state index is 0.00594. The highest BCUT2D eigenvalue weighted by Crippen LogP contribution is 2.63. The van der Waals surface area contributed by atoms with E-state index in [1.165, 1.54) is 5.57 Å². The van der Waals surface area contributed by atoms with Crippen molar-refractivity contribution in [2.24, 2.45) is 22.7 Å². The quantitative estimate of drug-likeness (QED) is 0.187. The van der Waals surface area contributed by atoms with Crippen LogP contribution in [0.3, 0.4) is 0 Å². The smallest absolute Gasteiger partial charge is 0.291 e. The van der Waals surface area contributed by atoms with E-state index in [1.54, 1.807) is 14.0 Å². The highest BCUT2D eigenvalue weighted by molar-refractivity contribution is 6.73. The number of hydrogen-bond acceptors (Lipinski definition) is 5. The highest BCUT2D eigenvalue weighted by Gasteiger charge is 2.59. The van der Waals surface area contributed by atoms with Crippen LogP contribution < -0.4 is 10.2 Å². The molecule has 0 saturated heterocycles. The van der Waals surface area contributed by atoms with E-state index in [0.717, 1.165) is 50.1 Å². The molecule has 36 heavy (non-hydrogen) atoms. The van der Waals surface area contributed by atoms with Crippen LogP contribution in [0.2, 0.25) is 18.1 Å². The largest absolute Gasteiger partial charge is 0.468 e. The molecular weight excluding hydrogens is 468 g/mol. The molecule has 202 valence electrons. The van der Waals surface area contributed by atoms with Gasteiger partial charge in [-0.1, -0.05) is 46.8 Å². The first-order chi connectivity index (χ1) is 17.0. The third-order valence-corrected chi connectivity index (χ3v) is 15.0. The summed E-state index contributed by atoms with van der Waals surface area (Å²) in [6, 6.07) is 3.33. The topological polar surface area (TPSA) is 65.7 Å². The lowest BCUT2D eigenvalue weighted by Crippen LogP contribution is -2.59. The van der Waals surface area contributed by atoms with Gasteiger partial charge in [-0.25, -0.2) is 0 Å². The first-order valence-electron chi connectivity index (χ1n) is 13.9. The number of ether oxygens (including phenoxy) is 1. The molecule has 2 saturated carbocycles. The van der Waals surface area contributed by atoms with Gasteiger partial charge < -0.3 is 18.4 Å². The van der Waals surface area contributed by atoms with Crippen LogP contribution in [0, 0.1) is 36.5 Å². The average molecular weight is 517 g/mol. The molecule has 2 aliphatic carbocycles.